The van der Waals surface area contributed by atoms with Crippen LogP contribution in [0.25, 0.3) is 27.8 Å². The summed E-state index contributed by atoms with van der Waals surface area (Å²) < 4.78 is 28.1. The molecule has 0 radical (unpaired) electrons. The molecule has 2 fully saturated rings. The summed E-state index contributed by atoms with van der Waals surface area (Å²) in [5, 5.41) is 2.91. The molecule has 1 aliphatic carbocycles. The monoisotopic (exact) mass is 776 g/mol. The molecule has 2 aromatic heterocycles. The molecule has 0 bridgehead atoms. The van der Waals surface area contributed by atoms with Crippen LogP contribution in [0, 0.1) is 5.82 Å². The summed E-state index contributed by atoms with van der Waals surface area (Å²) in [5.41, 5.74) is 2.68. The number of alkyl carbamates (subject to hydrolysis) is 1. The van der Waals surface area contributed by atoms with Crippen LogP contribution >= 0.6 is 0 Å². The second kappa shape index (κ2) is 17.1. The zero-order valence-electron chi connectivity index (χ0n) is 32.7. The number of halogens is 1. The van der Waals surface area contributed by atoms with Crippen LogP contribution in [0.1, 0.15) is 70.0 Å². The molecule has 12 nitrogen and oxygen atoms in total. The number of benzene rings is 3. The quantitative estimate of drug-likeness (QED) is 0.175. The van der Waals surface area contributed by atoms with Gasteiger partial charge in [-0.2, -0.15) is 0 Å². The number of amides is 2. The number of hydrogen-bond acceptors (Lipinski definition) is 8. The van der Waals surface area contributed by atoms with Crippen LogP contribution in [-0.4, -0.2) is 73.9 Å². The lowest BCUT2D eigenvalue weighted by Crippen LogP contribution is -2.45. The Balaban J connectivity index is 1.05. The van der Waals surface area contributed by atoms with Crippen LogP contribution in [0.3, 0.4) is 0 Å². The fourth-order valence-corrected chi connectivity index (χ4v) is 7.70. The molecule has 0 unspecified atom stereocenters. The minimum atomic E-state index is -0.672. The van der Waals surface area contributed by atoms with Crippen LogP contribution in [0.5, 0.6) is 0 Å². The molecule has 1 saturated heterocycles. The van der Waals surface area contributed by atoms with Gasteiger partial charge in [-0.15, -0.1) is 0 Å². The van der Waals surface area contributed by atoms with Crippen molar-refractivity contribution < 1.29 is 23.5 Å². The molecule has 2 amide bonds. The van der Waals surface area contributed by atoms with Gasteiger partial charge in [-0.25, -0.2) is 28.3 Å². The van der Waals surface area contributed by atoms with E-state index in [2.05, 4.69) is 27.3 Å². The van der Waals surface area contributed by atoms with E-state index < -0.39 is 34.8 Å². The zero-order chi connectivity index (χ0) is 40.1. The molecule has 57 heavy (non-hydrogen) atoms. The van der Waals surface area contributed by atoms with E-state index in [1.807, 2.05) is 60.7 Å². The predicted molar refractivity (Wildman–Crippen MR) is 216 cm³/mol. The highest BCUT2D eigenvalue weighted by atomic mass is 19.1. The van der Waals surface area contributed by atoms with E-state index in [1.54, 1.807) is 31.7 Å². The SMILES string of the molecule is CC(C)(C)OC(=O)NC1CCC(n2c(=O)c3cc(F)cnc3n(-c3cccc(-c4ccc(CN5CCCN(C(=O)OCc6ccccc6)CC5)cc4)c3)c2=O)CC1. The minimum absolute atomic E-state index is 0.0130. The molecule has 5 aromatic rings. The predicted octanol–water partition coefficient (Wildman–Crippen LogP) is 7.21. The number of nitrogens with one attached hydrogen (secondary N) is 1. The summed E-state index contributed by atoms with van der Waals surface area (Å²) in [6.45, 7) is 9.22. The normalized spacial score (nSPS) is 17.9. The Bertz CT molecular complexity index is 2330. The van der Waals surface area contributed by atoms with E-state index in [9.17, 15) is 23.6 Å². The molecule has 3 heterocycles. The number of nitrogens with zero attached hydrogens (tertiary/aromatic N) is 5. The van der Waals surface area contributed by atoms with Gasteiger partial charge in [-0.3, -0.25) is 14.3 Å². The van der Waals surface area contributed by atoms with Crippen molar-refractivity contribution in [2.24, 2.45) is 0 Å². The Morgan fingerprint density at radius 2 is 1.60 bits per heavy atom. The van der Waals surface area contributed by atoms with Crippen molar-refractivity contribution in [1.82, 2.24) is 29.2 Å². The van der Waals surface area contributed by atoms with Gasteiger partial charge in [0.1, 0.15) is 18.0 Å². The Morgan fingerprint density at radius 3 is 2.33 bits per heavy atom. The lowest BCUT2D eigenvalue weighted by atomic mass is 9.91. The Labute approximate surface area is 330 Å². The van der Waals surface area contributed by atoms with E-state index in [1.165, 1.54) is 9.13 Å². The fraction of sp³-hybridized carbons (Fsp3) is 0.386. The summed E-state index contributed by atoms with van der Waals surface area (Å²) in [4.78, 5) is 61.7. The Morgan fingerprint density at radius 1 is 0.842 bits per heavy atom. The zero-order valence-corrected chi connectivity index (χ0v) is 32.7. The van der Waals surface area contributed by atoms with Crippen LogP contribution in [0.4, 0.5) is 14.0 Å². The van der Waals surface area contributed by atoms with Gasteiger partial charge in [0, 0.05) is 44.8 Å². The smallest absolute Gasteiger partial charge is 0.410 e. The largest absolute Gasteiger partial charge is 0.445 e. The maximum Gasteiger partial charge on any atom is 0.410 e. The molecule has 2 aliphatic rings. The molecule has 1 N–H and O–H groups in total. The lowest BCUT2D eigenvalue weighted by Gasteiger charge is -2.31. The molecule has 0 atom stereocenters. The average molecular weight is 777 g/mol. The standard InChI is InChI=1S/C44H49FN6O6/c1-44(2,3)57-41(53)47-35-17-19-36(20-18-35)51-40(52)38-26-34(45)27-46-39(38)50(42(51)54)37-12-7-11-33(25-37)32-15-13-30(14-16-32)28-48-21-8-22-49(24-23-48)43(55)56-29-31-9-5-4-6-10-31/h4-7,9-16,25-27,35-36H,8,17-24,28-29H2,1-3H3,(H,47,53). The van der Waals surface area contributed by atoms with Gasteiger partial charge in [0.15, 0.2) is 5.65 Å². The summed E-state index contributed by atoms with van der Waals surface area (Å²) in [5.74, 6) is -0.672. The molecule has 7 rings (SSSR count). The van der Waals surface area contributed by atoms with Crippen molar-refractivity contribution in [3.8, 4) is 16.8 Å². The van der Waals surface area contributed by atoms with Gasteiger partial charge in [-0.1, -0.05) is 66.7 Å². The van der Waals surface area contributed by atoms with Gasteiger partial charge in [0.2, 0.25) is 0 Å². The fourth-order valence-electron chi connectivity index (χ4n) is 7.70. The topological polar surface area (TPSA) is 128 Å². The van der Waals surface area contributed by atoms with Crippen LogP contribution in [0.15, 0.2) is 101 Å². The first-order chi connectivity index (χ1) is 27.4. The number of aromatic nitrogens is 3. The Kier molecular flexibility index (Phi) is 11.8. The second-order valence-corrected chi connectivity index (χ2v) is 15.9. The summed E-state index contributed by atoms with van der Waals surface area (Å²) >= 11 is 0. The maximum atomic E-state index is 14.6. The number of fused-ring (bicyclic) bond motifs is 1. The number of hydrogen-bond donors (Lipinski definition) is 1. The summed E-state index contributed by atoms with van der Waals surface area (Å²) in [6.07, 6.45) is 3.08. The summed E-state index contributed by atoms with van der Waals surface area (Å²) in [6, 6.07) is 25.9. The van der Waals surface area contributed by atoms with Gasteiger partial charge in [0.25, 0.3) is 5.56 Å². The first kappa shape index (κ1) is 39.4. The molecule has 298 valence electrons. The van der Waals surface area contributed by atoms with Gasteiger partial charge < -0.3 is 19.7 Å². The van der Waals surface area contributed by atoms with Crippen molar-refractivity contribution in [3.63, 3.8) is 0 Å². The number of rotatable bonds is 8. The van der Waals surface area contributed by atoms with Crippen molar-refractivity contribution in [1.29, 1.82) is 0 Å². The van der Waals surface area contributed by atoms with Gasteiger partial charge in [0.05, 0.1) is 17.3 Å². The maximum absolute atomic E-state index is 14.6. The molecule has 3 aromatic carbocycles. The van der Waals surface area contributed by atoms with Gasteiger partial charge >= 0.3 is 17.9 Å². The highest BCUT2D eigenvalue weighted by Crippen LogP contribution is 2.29. The number of carbonyl (C=O) groups excluding carboxylic acids is 2. The van der Waals surface area contributed by atoms with Crippen LogP contribution in [0.2, 0.25) is 0 Å². The summed E-state index contributed by atoms with van der Waals surface area (Å²) in [7, 11) is 0. The third-order valence-corrected chi connectivity index (χ3v) is 10.5. The van der Waals surface area contributed by atoms with Crippen molar-refractivity contribution in [2.75, 3.05) is 26.2 Å². The first-order valence-electron chi connectivity index (χ1n) is 19.6. The van der Waals surface area contributed by atoms with Gasteiger partial charge in [-0.05, 0) is 93.3 Å². The third kappa shape index (κ3) is 9.60. The average Bonchev–Trinajstić information content (AvgIpc) is 3.43. The molecule has 0 spiro atoms. The van der Waals surface area contributed by atoms with Crippen molar-refractivity contribution >= 4 is 23.2 Å². The third-order valence-electron chi connectivity index (χ3n) is 10.5. The number of pyridine rings is 1. The highest BCUT2D eigenvalue weighted by Gasteiger charge is 2.29. The van der Waals surface area contributed by atoms with E-state index in [0.717, 1.165) is 60.6 Å². The van der Waals surface area contributed by atoms with Crippen molar-refractivity contribution in [3.05, 3.63) is 129 Å². The molecule has 13 heteroatoms. The van der Waals surface area contributed by atoms with E-state index in [4.69, 9.17) is 9.47 Å². The number of ether oxygens (including phenoxy) is 2. The Hall–Kier alpha value is -5.82. The number of carbonyl (C=O) groups is 2. The first-order valence-corrected chi connectivity index (χ1v) is 19.6. The minimum Gasteiger partial charge on any atom is -0.445 e. The van der Waals surface area contributed by atoms with E-state index >= 15 is 0 Å². The molecular weight excluding hydrogens is 728 g/mol. The highest BCUT2D eigenvalue weighted by molar-refractivity contribution is 5.76. The molecule has 1 saturated carbocycles. The molecule has 1 aliphatic heterocycles. The second-order valence-electron chi connectivity index (χ2n) is 15.9. The van der Waals surface area contributed by atoms with Crippen LogP contribution in [-0.2, 0) is 22.6 Å². The van der Waals surface area contributed by atoms with Crippen molar-refractivity contribution in [2.45, 2.75) is 83.7 Å². The van der Waals surface area contributed by atoms with Crippen LogP contribution < -0.4 is 16.6 Å². The molecular formula is C44H49FN6O6. The van der Waals surface area contributed by atoms with E-state index in [-0.39, 0.29) is 29.8 Å². The lowest BCUT2D eigenvalue weighted by molar-refractivity contribution is 0.0487. The van der Waals surface area contributed by atoms with E-state index in [0.29, 0.717) is 44.5 Å².